The maximum atomic E-state index is 11.0. The van der Waals surface area contributed by atoms with Crippen LogP contribution in [-0.4, -0.2) is 29.1 Å². The fraction of sp³-hybridized carbons (Fsp3) is 0.588. The SMILES string of the molecule is O=C(O)CC1(c2ccc(CN3CCCCC3)c(Cl)c2)CC1. The van der Waals surface area contributed by atoms with E-state index in [0.717, 1.165) is 48.6 Å². The standard InChI is InChI=1S/C17H22ClNO2/c18-15-10-14(17(6-7-17)11-16(20)21)5-4-13(15)12-19-8-2-1-3-9-19/h4-5,10H,1-3,6-9,11-12H2,(H,20,21). The molecule has 1 aliphatic carbocycles. The van der Waals surface area contributed by atoms with Crippen molar-refractivity contribution in [3.8, 4) is 0 Å². The summed E-state index contributed by atoms with van der Waals surface area (Å²) >= 11 is 6.44. The number of halogens is 1. The van der Waals surface area contributed by atoms with Gasteiger partial charge < -0.3 is 5.11 Å². The van der Waals surface area contributed by atoms with Crippen molar-refractivity contribution in [1.82, 2.24) is 4.90 Å². The van der Waals surface area contributed by atoms with Crippen molar-refractivity contribution in [2.24, 2.45) is 0 Å². The van der Waals surface area contributed by atoms with Crippen LogP contribution in [0.1, 0.15) is 49.7 Å². The minimum Gasteiger partial charge on any atom is -0.481 e. The van der Waals surface area contributed by atoms with Gasteiger partial charge in [-0.2, -0.15) is 0 Å². The van der Waals surface area contributed by atoms with Crippen molar-refractivity contribution in [2.75, 3.05) is 13.1 Å². The predicted molar refractivity (Wildman–Crippen MR) is 83.7 cm³/mol. The van der Waals surface area contributed by atoms with Crippen LogP contribution in [0.25, 0.3) is 0 Å². The first kappa shape index (κ1) is 14.9. The second-order valence-corrected chi connectivity index (χ2v) is 6.90. The van der Waals surface area contributed by atoms with E-state index < -0.39 is 5.97 Å². The molecule has 2 fully saturated rings. The molecule has 0 unspecified atom stereocenters. The highest BCUT2D eigenvalue weighted by Crippen LogP contribution is 2.51. The molecule has 1 heterocycles. The van der Waals surface area contributed by atoms with Crippen molar-refractivity contribution < 1.29 is 9.90 Å². The molecule has 0 spiro atoms. The second kappa shape index (κ2) is 5.98. The fourth-order valence-electron chi connectivity index (χ4n) is 3.37. The van der Waals surface area contributed by atoms with Gasteiger partial charge in [-0.25, -0.2) is 0 Å². The van der Waals surface area contributed by atoms with Gasteiger partial charge in [-0.05, 0) is 56.0 Å². The maximum Gasteiger partial charge on any atom is 0.304 e. The monoisotopic (exact) mass is 307 g/mol. The lowest BCUT2D eigenvalue weighted by molar-refractivity contribution is -0.137. The van der Waals surface area contributed by atoms with Gasteiger partial charge in [0.15, 0.2) is 0 Å². The van der Waals surface area contributed by atoms with Crippen LogP contribution in [0.4, 0.5) is 0 Å². The molecule has 4 heteroatoms. The number of carboxylic acids is 1. The van der Waals surface area contributed by atoms with Crippen LogP contribution in [-0.2, 0) is 16.8 Å². The molecule has 3 rings (SSSR count). The van der Waals surface area contributed by atoms with Gasteiger partial charge in [0.05, 0.1) is 6.42 Å². The Kier molecular flexibility index (Phi) is 4.23. The Hall–Kier alpha value is -1.06. The number of aliphatic carboxylic acids is 1. The average molecular weight is 308 g/mol. The van der Waals surface area contributed by atoms with Gasteiger partial charge in [0.25, 0.3) is 0 Å². The number of likely N-dealkylation sites (tertiary alicyclic amines) is 1. The summed E-state index contributed by atoms with van der Waals surface area (Å²) in [7, 11) is 0. The number of hydrogen-bond donors (Lipinski definition) is 1. The van der Waals surface area contributed by atoms with Crippen LogP contribution in [0.5, 0.6) is 0 Å². The molecule has 0 aromatic heterocycles. The van der Waals surface area contributed by atoms with Crippen molar-refractivity contribution in [3.63, 3.8) is 0 Å². The van der Waals surface area contributed by atoms with Gasteiger partial charge in [0.1, 0.15) is 0 Å². The molecule has 114 valence electrons. The quantitative estimate of drug-likeness (QED) is 0.898. The Morgan fingerprint density at radius 2 is 1.95 bits per heavy atom. The first-order valence-electron chi connectivity index (χ1n) is 7.82. The third-order valence-electron chi connectivity index (χ3n) is 4.85. The minimum atomic E-state index is -0.721. The van der Waals surface area contributed by atoms with Crippen molar-refractivity contribution in [1.29, 1.82) is 0 Å². The summed E-state index contributed by atoms with van der Waals surface area (Å²) in [5, 5.41) is 9.84. The van der Waals surface area contributed by atoms with Crippen LogP contribution in [0.3, 0.4) is 0 Å². The number of nitrogens with zero attached hydrogens (tertiary/aromatic N) is 1. The smallest absolute Gasteiger partial charge is 0.304 e. The lowest BCUT2D eigenvalue weighted by Crippen LogP contribution is -2.29. The van der Waals surface area contributed by atoms with E-state index in [0.29, 0.717) is 0 Å². The van der Waals surface area contributed by atoms with Crippen LogP contribution < -0.4 is 0 Å². The summed E-state index contributed by atoms with van der Waals surface area (Å²) in [4.78, 5) is 13.5. The summed E-state index contributed by atoms with van der Waals surface area (Å²) < 4.78 is 0. The number of carboxylic acid groups (broad SMARTS) is 1. The molecule has 0 radical (unpaired) electrons. The Balaban J connectivity index is 1.72. The highest BCUT2D eigenvalue weighted by molar-refractivity contribution is 6.31. The van der Waals surface area contributed by atoms with E-state index in [1.807, 2.05) is 6.07 Å². The van der Waals surface area contributed by atoms with Crippen molar-refractivity contribution in [3.05, 3.63) is 34.3 Å². The molecule has 3 nitrogen and oxygen atoms in total. The second-order valence-electron chi connectivity index (χ2n) is 6.49. The van der Waals surface area contributed by atoms with Gasteiger partial charge in [0, 0.05) is 17.0 Å². The number of hydrogen-bond acceptors (Lipinski definition) is 2. The molecule has 1 N–H and O–H groups in total. The normalized spacial score (nSPS) is 21.2. The molecule has 0 amide bonds. The van der Waals surface area contributed by atoms with Crippen molar-refractivity contribution in [2.45, 2.75) is 50.5 Å². The molecule has 21 heavy (non-hydrogen) atoms. The molecule has 2 aliphatic rings. The summed E-state index contributed by atoms with van der Waals surface area (Å²) in [6, 6.07) is 6.17. The fourth-order valence-corrected chi connectivity index (χ4v) is 3.61. The highest BCUT2D eigenvalue weighted by atomic mass is 35.5. The zero-order valence-electron chi connectivity index (χ0n) is 12.3. The molecular formula is C17H22ClNO2. The van der Waals surface area contributed by atoms with Crippen LogP contribution in [0.15, 0.2) is 18.2 Å². The Morgan fingerprint density at radius 3 is 2.52 bits per heavy atom. The zero-order chi connectivity index (χ0) is 14.9. The Labute approximate surface area is 130 Å². The van der Waals surface area contributed by atoms with Gasteiger partial charge in [-0.15, -0.1) is 0 Å². The van der Waals surface area contributed by atoms with Gasteiger partial charge in [0.2, 0.25) is 0 Å². The lowest BCUT2D eigenvalue weighted by Gasteiger charge is -2.27. The number of benzene rings is 1. The Morgan fingerprint density at radius 1 is 1.24 bits per heavy atom. The van der Waals surface area contributed by atoms with Crippen LogP contribution in [0.2, 0.25) is 5.02 Å². The topological polar surface area (TPSA) is 40.5 Å². The highest BCUT2D eigenvalue weighted by Gasteiger charge is 2.46. The van der Waals surface area contributed by atoms with E-state index in [1.54, 1.807) is 0 Å². The summed E-state index contributed by atoms with van der Waals surface area (Å²) in [6.07, 6.45) is 6.02. The number of piperidine rings is 1. The van der Waals surface area contributed by atoms with E-state index in [1.165, 1.54) is 19.3 Å². The third-order valence-corrected chi connectivity index (χ3v) is 5.20. The van der Waals surface area contributed by atoms with E-state index in [-0.39, 0.29) is 11.8 Å². The van der Waals surface area contributed by atoms with E-state index in [4.69, 9.17) is 16.7 Å². The molecule has 0 bridgehead atoms. The van der Waals surface area contributed by atoms with Gasteiger partial charge in [-0.1, -0.05) is 30.2 Å². The van der Waals surface area contributed by atoms with Gasteiger partial charge >= 0.3 is 5.97 Å². The summed E-state index contributed by atoms with van der Waals surface area (Å²) in [5.41, 5.74) is 2.10. The number of rotatable bonds is 5. The van der Waals surface area contributed by atoms with E-state index >= 15 is 0 Å². The number of carbonyl (C=O) groups is 1. The molecule has 1 aromatic rings. The summed E-state index contributed by atoms with van der Waals surface area (Å²) in [5.74, 6) is -0.721. The van der Waals surface area contributed by atoms with E-state index in [2.05, 4.69) is 17.0 Å². The van der Waals surface area contributed by atoms with Crippen LogP contribution in [0, 0.1) is 0 Å². The van der Waals surface area contributed by atoms with E-state index in [9.17, 15) is 4.79 Å². The Bertz CT molecular complexity index is 534. The molecule has 1 aromatic carbocycles. The minimum absolute atomic E-state index is 0.154. The van der Waals surface area contributed by atoms with Gasteiger partial charge in [-0.3, -0.25) is 9.69 Å². The molecule has 1 saturated carbocycles. The first-order valence-corrected chi connectivity index (χ1v) is 8.20. The molecule has 1 saturated heterocycles. The maximum absolute atomic E-state index is 11.0. The molecule has 0 atom stereocenters. The van der Waals surface area contributed by atoms with Crippen LogP contribution >= 0.6 is 11.6 Å². The lowest BCUT2D eigenvalue weighted by atomic mass is 9.91. The largest absolute Gasteiger partial charge is 0.481 e. The van der Waals surface area contributed by atoms with Crippen molar-refractivity contribution >= 4 is 17.6 Å². The predicted octanol–water partition coefficient (Wildman–Crippen LogP) is 3.83. The summed E-state index contributed by atoms with van der Waals surface area (Å²) in [6.45, 7) is 3.22. The third kappa shape index (κ3) is 3.41. The zero-order valence-corrected chi connectivity index (χ0v) is 13.0. The molecule has 1 aliphatic heterocycles. The first-order chi connectivity index (χ1) is 10.1. The molecular weight excluding hydrogens is 286 g/mol. The average Bonchev–Trinajstić information content (AvgIpc) is 3.22.